The number of carbonyl (C=O) groups excluding carboxylic acids is 1. The average molecular weight is 375 g/mol. The first kappa shape index (κ1) is 20.4. The summed E-state index contributed by atoms with van der Waals surface area (Å²) in [4.78, 5) is 11.9. The lowest BCUT2D eigenvalue weighted by atomic mass is 10.2. The van der Waals surface area contributed by atoms with Crippen molar-refractivity contribution in [3.63, 3.8) is 0 Å². The number of hydrogen-bond acceptors (Lipinski definition) is 6. The van der Waals surface area contributed by atoms with Crippen LogP contribution in [0.4, 0.5) is 22.0 Å². The summed E-state index contributed by atoms with van der Waals surface area (Å²) in [6, 6.07) is 0. The number of hydrogen-bond donors (Lipinski definition) is 1. The van der Waals surface area contributed by atoms with Gasteiger partial charge in [0, 0.05) is 20.8 Å². The molecule has 1 aromatic carbocycles. The Balaban J connectivity index is 3.20. The fraction of sp³-hybridized carbons (Fsp3) is 0.417. The van der Waals surface area contributed by atoms with E-state index >= 15 is 0 Å². The summed E-state index contributed by atoms with van der Waals surface area (Å²) in [5.74, 6) is -14.9. The van der Waals surface area contributed by atoms with E-state index in [4.69, 9.17) is 19.0 Å². The van der Waals surface area contributed by atoms with Crippen LogP contribution in [0.3, 0.4) is 0 Å². The van der Waals surface area contributed by atoms with Gasteiger partial charge in [0.2, 0.25) is 34.8 Å². The summed E-state index contributed by atoms with van der Waals surface area (Å²) >= 11 is 0. The van der Waals surface area contributed by atoms with Gasteiger partial charge in [-0.1, -0.05) is 0 Å². The molecule has 1 aromatic rings. The molecular weight excluding hydrogens is 361 g/mol. The number of nitrogens with two attached hydrogens (primary N) is 1. The molecule has 0 aromatic heterocycles. The Kier molecular flexibility index (Phi) is 6.80. The number of esters is 1. The van der Waals surface area contributed by atoms with Crippen LogP contribution in [0.25, 0.3) is 0 Å². The standard InChI is InChI=1S/C12H14F5NO5Si/c1-4-22-24(20-2,21-3)11(18)12(19)23-10-8(16)6(14)5(13)7(15)9(10)17/h11H,4,18H2,1-3H3. The molecule has 24 heavy (non-hydrogen) atoms. The molecule has 12 heteroatoms. The van der Waals surface area contributed by atoms with Gasteiger partial charge in [-0.15, -0.1) is 0 Å². The molecule has 0 radical (unpaired) electrons. The maximum absolute atomic E-state index is 13.5. The molecule has 0 spiro atoms. The molecule has 1 atom stereocenters. The number of rotatable bonds is 7. The lowest BCUT2D eigenvalue weighted by Crippen LogP contribution is -2.63. The van der Waals surface area contributed by atoms with E-state index in [0.29, 0.717) is 0 Å². The molecule has 0 aliphatic rings. The molecule has 1 unspecified atom stereocenters. The fourth-order valence-corrected chi connectivity index (χ4v) is 3.57. The van der Waals surface area contributed by atoms with E-state index in [0.717, 1.165) is 14.2 Å². The largest absolute Gasteiger partial charge is 0.529 e. The minimum Gasteiger partial charge on any atom is -0.419 e. The summed E-state index contributed by atoms with van der Waals surface area (Å²) in [7, 11) is -1.62. The van der Waals surface area contributed by atoms with Gasteiger partial charge in [-0.05, 0) is 6.92 Å². The van der Waals surface area contributed by atoms with Crippen molar-refractivity contribution in [2.75, 3.05) is 20.8 Å². The van der Waals surface area contributed by atoms with Gasteiger partial charge in [0.1, 0.15) is 0 Å². The summed E-state index contributed by atoms with van der Waals surface area (Å²) in [6.45, 7) is 1.54. The maximum atomic E-state index is 13.5. The van der Waals surface area contributed by atoms with Gasteiger partial charge in [-0.3, -0.25) is 0 Å². The van der Waals surface area contributed by atoms with Gasteiger partial charge in [0.25, 0.3) is 0 Å². The van der Waals surface area contributed by atoms with Gasteiger partial charge in [-0.2, -0.15) is 8.78 Å². The van der Waals surface area contributed by atoms with Crippen molar-refractivity contribution < 1.29 is 44.8 Å². The van der Waals surface area contributed by atoms with E-state index in [1.54, 1.807) is 0 Å². The zero-order valence-electron chi connectivity index (χ0n) is 12.8. The predicted molar refractivity (Wildman–Crippen MR) is 71.2 cm³/mol. The number of benzene rings is 1. The van der Waals surface area contributed by atoms with E-state index in [-0.39, 0.29) is 6.61 Å². The lowest BCUT2D eigenvalue weighted by molar-refractivity contribution is -0.136. The molecular formula is C12H14F5NO5Si. The van der Waals surface area contributed by atoms with Crippen LogP contribution < -0.4 is 10.5 Å². The normalized spacial score (nSPS) is 13.0. The second-order valence-corrected chi connectivity index (χ2v) is 7.18. The van der Waals surface area contributed by atoms with Crippen molar-refractivity contribution in [2.45, 2.75) is 12.6 Å². The van der Waals surface area contributed by atoms with Crippen LogP contribution in [0.5, 0.6) is 5.75 Å². The number of ether oxygens (including phenoxy) is 1. The Morgan fingerprint density at radius 2 is 1.42 bits per heavy atom. The molecule has 0 saturated heterocycles. The van der Waals surface area contributed by atoms with Crippen molar-refractivity contribution in [1.82, 2.24) is 0 Å². The molecule has 1 rings (SSSR count). The Bertz CT molecular complexity index is 599. The number of carbonyl (C=O) groups is 1. The Morgan fingerprint density at radius 3 is 1.79 bits per heavy atom. The molecule has 0 heterocycles. The number of halogens is 5. The van der Waals surface area contributed by atoms with E-state index in [9.17, 15) is 26.7 Å². The minimum atomic E-state index is -3.84. The molecule has 136 valence electrons. The Labute approximate surface area is 134 Å². The topological polar surface area (TPSA) is 80.0 Å². The lowest BCUT2D eigenvalue weighted by Gasteiger charge is -2.29. The van der Waals surface area contributed by atoms with Gasteiger partial charge in [0.05, 0.1) is 0 Å². The molecule has 0 fully saturated rings. The highest BCUT2D eigenvalue weighted by Gasteiger charge is 2.51. The molecule has 2 N–H and O–H groups in total. The van der Waals surface area contributed by atoms with Gasteiger partial charge < -0.3 is 23.7 Å². The molecule has 0 aliphatic carbocycles. The third-order valence-corrected chi connectivity index (χ3v) is 5.75. The molecule has 0 bridgehead atoms. The van der Waals surface area contributed by atoms with Crippen LogP contribution in [0.15, 0.2) is 0 Å². The van der Waals surface area contributed by atoms with Crippen LogP contribution in [0, 0.1) is 29.1 Å². The van der Waals surface area contributed by atoms with Crippen LogP contribution in [-0.2, 0) is 18.1 Å². The highest BCUT2D eigenvalue weighted by Crippen LogP contribution is 2.29. The van der Waals surface area contributed by atoms with Crippen molar-refractivity contribution in [3.8, 4) is 5.75 Å². The van der Waals surface area contributed by atoms with Crippen LogP contribution in [0.1, 0.15) is 6.92 Å². The predicted octanol–water partition coefficient (Wildman–Crippen LogP) is 1.42. The smallest absolute Gasteiger partial charge is 0.419 e. The van der Waals surface area contributed by atoms with Crippen molar-refractivity contribution in [1.29, 1.82) is 0 Å². The second kappa shape index (κ2) is 7.98. The first-order valence-corrected chi connectivity index (χ1v) is 8.19. The van der Waals surface area contributed by atoms with Crippen LogP contribution in [0.2, 0.25) is 0 Å². The third kappa shape index (κ3) is 3.56. The summed E-state index contributed by atoms with van der Waals surface area (Å²) in [5, 5.41) is 0. The zero-order valence-corrected chi connectivity index (χ0v) is 13.8. The SMILES string of the molecule is CCO[Si](OC)(OC)C(N)C(=O)Oc1c(F)c(F)c(F)c(F)c1F. The zero-order chi connectivity index (χ0) is 18.7. The van der Waals surface area contributed by atoms with Gasteiger partial charge in [-0.25, -0.2) is 18.0 Å². The quantitative estimate of drug-likeness (QED) is 0.194. The average Bonchev–Trinajstić information content (AvgIpc) is 2.59. The van der Waals surface area contributed by atoms with E-state index in [1.165, 1.54) is 6.92 Å². The Morgan fingerprint density at radius 1 is 1.00 bits per heavy atom. The molecule has 6 nitrogen and oxygen atoms in total. The van der Waals surface area contributed by atoms with Gasteiger partial charge in [0.15, 0.2) is 5.67 Å². The maximum Gasteiger partial charge on any atom is 0.529 e. The molecule has 0 saturated carbocycles. The highest BCUT2D eigenvalue weighted by molar-refractivity contribution is 6.66. The fourth-order valence-electron chi connectivity index (χ4n) is 1.73. The van der Waals surface area contributed by atoms with E-state index in [1.807, 2.05) is 0 Å². The van der Waals surface area contributed by atoms with Crippen molar-refractivity contribution in [2.24, 2.45) is 5.73 Å². The molecule has 0 amide bonds. The Hall–Kier alpha value is -1.60. The summed E-state index contributed by atoms with van der Waals surface area (Å²) < 4.78 is 85.4. The van der Waals surface area contributed by atoms with Crippen LogP contribution >= 0.6 is 0 Å². The first-order chi connectivity index (χ1) is 11.2. The minimum absolute atomic E-state index is 0.0113. The first-order valence-electron chi connectivity index (χ1n) is 6.39. The van der Waals surface area contributed by atoms with Crippen molar-refractivity contribution in [3.05, 3.63) is 29.1 Å². The summed E-state index contributed by atoms with van der Waals surface area (Å²) in [5.41, 5.74) is 3.77. The van der Waals surface area contributed by atoms with Crippen molar-refractivity contribution >= 4 is 14.8 Å². The van der Waals surface area contributed by atoms with Crippen LogP contribution in [-0.4, -0.2) is 41.3 Å². The monoisotopic (exact) mass is 375 g/mol. The highest BCUT2D eigenvalue weighted by atomic mass is 28.4. The molecule has 0 aliphatic heterocycles. The second-order valence-electron chi connectivity index (χ2n) is 4.24. The third-order valence-electron chi connectivity index (χ3n) is 2.92. The van der Waals surface area contributed by atoms with E-state index in [2.05, 4.69) is 4.74 Å². The van der Waals surface area contributed by atoms with E-state index < -0.39 is 55.3 Å². The summed E-state index contributed by atoms with van der Waals surface area (Å²) in [6.07, 6.45) is 0. The van der Waals surface area contributed by atoms with Gasteiger partial charge >= 0.3 is 14.8 Å².